The van der Waals surface area contributed by atoms with Gasteiger partial charge in [0.2, 0.25) is 0 Å². The van der Waals surface area contributed by atoms with Gasteiger partial charge in [-0.15, -0.1) is 0 Å². The van der Waals surface area contributed by atoms with Gasteiger partial charge in [0, 0.05) is 11.8 Å². The fourth-order valence-corrected chi connectivity index (χ4v) is 2.84. The molecular weight excluding hydrogens is 346 g/mol. The van der Waals surface area contributed by atoms with E-state index in [0.717, 1.165) is 33.3 Å². The first-order chi connectivity index (χ1) is 12.8. The van der Waals surface area contributed by atoms with E-state index in [2.05, 4.69) is 20.4 Å². The molecule has 136 valence electrons. The Labute approximate surface area is 155 Å². The van der Waals surface area contributed by atoms with Crippen LogP contribution in [-0.4, -0.2) is 30.8 Å². The van der Waals surface area contributed by atoms with Gasteiger partial charge in [-0.2, -0.15) is 25.0 Å². The molecule has 2 heterocycles. The van der Waals surface area contributed by atoms with Crippen LogP contribution in [0.3, 0.4) is 0 Å². The second-order valence-electron chi connectivity index (χ2n) is 6.11. The molecule has 0 unspecified atom stereocenters. The lowest BCUT2D eigenvalue weighted by molar-refractivity contribution is 0.0698. The monoisotopic (exact) mass is 363 g/mol. The molecule has 0 radical (unpaired) electrons. The number of nitrogens with zero attached hydrogens (tertiary/aromatic N) is 5. The van der Waals surface area contributed by atoms with E-state index in [0.29, 0.717) is 5.82 Å². The van der Waals surface area contributed by atoms with E-state index in [-0.39, 0.29) is 23.0 Å². The predicted molar refractivity (Wildman–Crippen MR) is 99.2 cm³/mol. The SMILES string of the molecule is Cc1cc(C)c(Nc2cc(C#N)nc(-n3ncc(C(=O)O)c3N)n2)c(C)c1. The first kappa shape index (κ1) is 17.9. The zero-order chi connectivity index (χ0) is 19.7. The molecule has 0 saturated carbocycles. The summed E-state index contributed by atoms with van der Waals surface area (Å²) in [6, 6.07) is 7.53. The predicted octanol–water partition coefficient (Wildman–Crippen LogP) is 2.48. The molecule has 0 aliphatic rings. The molecule has 0 aliphatic carbocycles. The second-order valence-corrected chi connectivity index (χ2v) is 6.11. The second kappa shape index (κ2) is 6.76. The Morgan fingerprint density at radius 2 is 1.89 bits per heavy atom. The molecule has 0 saturated heterocycles. The van der Waals surface area contributed by atoms with Crippen molar-refractivity contribution in [1.29, 1.82) is 5.26 Å². The summed E-state index contributed by atoms with van der Waals surface area (Å²) in [6.45, 7) is 5.96. The number of nitrogen functional groups attached to an aromatic ring is 1. The van der Waals surface area contributed by atoms with Crippen LogP contribution in [0, 0.1) is 32.1 Å². The third kappa shape index (κ3) is 3.41. The van der Waals surface area contributed by atoms with Gasteiger partial charge in [-0.3, -0.25) is 0 Å². The summed E-state index contributed by atoms with van der Waals surface area (Å²) in [4.78, 5) is 19.6. The van der Waals surface area contributed by atoms with Gasteiger partial charge in [0.1, 0.15) is 29.0 Å². The van der Waals surface area contributed by atoms with E-state index in [1.807, 2.05) is 39.0 Å². The third-order valence-electron chi connectivity index (χ3n) is 3.99. The summed E-state index contributed by atoms with van der Waals surface area (Å²) >= 11 is 0. The summed E-state index contributed by atoms with van der Waals surface area (Å²) in [5, 5.41) is 25.5. The van der Waals surface area contributed by atoms with Gasteiger partial charge in [-0.25, -0.2) is 4.79 Å². The minimum Gasteiger partial charge on any atom is -0.477 e. The van der Waals surface area contributed by atoms with Crippen molar-refractivity contribution in [2.75, 3.05) is 11.1 Å². The normalized spacial score (nSPS) is 10.4. The van der Waals surface area contributed by atoms with Crippen LogP contribution in [0.2, 0.25) is 0 Å². The Morgan fingerprint density at radius 1 is 1.22 bits per heavy atom. The molecule has 0 aliphatic heterocycles. The molecular formula is C18H17N7O2. The number of hydrogen-bond donors (Lipinski definition) is 3. The quantitative estimate of drug-likeness (QED) is 0.641. The van der Waals surface area contributed by atoms with Gasteiger partial charge < -0.3 is 16.2 Å². The van der Waals surface area contributed by atoms with E-state index in [9.17, 15) is 10.1 Å². The van der Waals surface area contributed by atoms with Crippen LogP contribution in [-0.2, 0) is 0 Å². The number of aromatic nitrogens is 4. The highest BCUT2D eigenvalue weighted by molar-refractivity contribution is 5.92. The molecule has 9 nitrogen and oxygen atoms in total. The van der Waals surface area contributed by atoms with Crippen molar-refractivity contribution in [2.45, 2.75) is 20.8 Å². The molecule has 0 amide bonds. The minimum atomic E-state index is -1.21. The number of carboxylic acid groups (broad SMARTS) is 1. The molecule has 0 bridgehead atoms. The van der Waals surface area contributed by atoms with Crippen LogP contribution in [0.25, 0.3) is 5.95 Å². The van der Waals surface area contributed by atoms with Gasteiger partial charge in [-0.1, -0.05) is 17.7 Å². The number of aryl methyl sites for hydroxylation is 3. The smallest absolute Gasteiger partial charge is 0.341 e. The maximum absolute atomic E-state index is 11.2. The van der Waals surface area contributed by atoms with Gasteiger partial charge in [-0.05, 0) is 31.9 Å². The van der Waals surface area contributed by atoms with E-state index in [1.54, 1.807) is 0 Å². The van der Waals surface area contributed by atoms with Crippen molar-refractivity contribution in [3.63, 3.8) is 0 Å². The van der Waals surface area contributed by atoms with Crippen molar-refractivity contribution in [3.05, 3.63) is 52.3 Å². The fraction of sp³-hybridized carbons (Fsp3) is 0.167. The van der Waals surface area contributed by atoms with E-state index < -0.39 is 5.97 Å². The number of nitrogens with two attached hydrogens (primary N) is 1. The number of benzene rings is 1. The van der Waals surface area contributed by atoms with Crippen LogP contribution in [0.1, 0.15) is 32.7 Å². The first-order valence-electron chi connectivity index (χ1n) is 8.01. The number of anilines is 3. The van der Waals surface area contributed by atoms with Gasteiger partial charge >= 0.3 is 5.97 Å². The number of carboxylic acids is 1. The standard InChI is InChI=1S/C18H17N7O2/c1-9-4-10(2)15(11(3)5-9)23-14-6-12(7-19)22-18(24-14)25-16(20)13(8-21-25)17(26)27/h4-6,8H,20H2,1-3H3,(H,26,27)(H,22,23,24). The molecule has 1 aromatic carbocycles. The van der Waals surface area contributed by atoms with Crippen LogP contribution >= 0.6 is 0 Å². The average molecular weight is 363 g/mol. The number of aromatic carboxylic acids is 1. The fourth-order valence-electron chi connectivity index (χ4n) is 2.84. The Balaban J connectivity index is 2.08. The molecule has 27 heavy (non-hydrogen) atoms. The zero-order valence-electron chi connectivity index (χ0n) is 15.0. The van der Waals surface area contributed by atoms with E-state index in [4.69, 9.17) is 10.8 Å². The summed E-state index contributed by atoms with van der Waals surface area (Å²) < 4.78 is 1.09. The van der Waals surface area contributed by atoms with Crippen molar-refractivity contribution in [1.82, 2.24) is 19.7 Å². The maximum atomic E-state index is 11.2. The highest BCUT2D eigenvalue weighted by atomic mass is 16.4. The molecule has 0 spiro atoms. The molecule has 2 aromatic heterocycles. The summed E-state index contributed by atoms with van der Waals surface area (Å²) in [7, 11) is 0. The van der Waals surface area contributed by atoms with Gasteiger partial charge in [0.05, 0.1) is 6.20 Å². The Kier molecular flexibility index (Phi) is 4.48. The zero-order valence-corrected chi connectivity index (χ0v) is 15.0. The molecule has 0 fully saturated rings. The van der Waals surface area contributed by atoms with E-state index >= 15 is 0 Å². The van der Waals surface area contributed by atoms with Crippen molar-refractivity contribution >= 4 is 23.3 Å². The van der Waals surface area contributed by atoms with Crippen molar-refractivity contribution in [2.24, 2.45) is 0 Å². The number of hydrogen-bond acceptors (Lipinski definition) is 7. The molecule has 9 heteroatoms. The Morgan fingerprint density at radius 3 is 2.44 bits per heavy atom. The average Bonchev–Trinajstić information content (AvgIpc) is 2.99. The molecule has 0 atom stereocenters. The molecule has 3 aromatic rings. The van der Waals surface area contributed by atoms with Crippen LogP contribution in [0.4, 0.5) is 17.3 Å². The molecule has 4 N–H and O–H groups in total. The van der Waals surface area contributed by atoms with Crippen molar-refractivity contribution < 1.29 is 9.90 Å². The van der Waals surface area contributed by atoms with Crippen LogP contribution in [0.5, 0.6) is 0 Å². The largest absolute Gasteiger partial charge is 0.477 e. The Hall–Kier alpha value is -3.93. The number of rotatable bonds is 4. The van der Waals surface area contributed by atoms with Crippen molar-refractivity contribution in [3.8, 4) is 12.0 Å². The lowest BCUT2D eigenvalue weighted by Crippen LogP contribution is -2.11. The maximum Gasteiger partial charge on any atom is 0.341 e. The Bertz CT molecular complexity index is 1070. The minimum absolute atomic E-state index is 0.00367. The number of nitrogens with one attached hydrogen (secondary N) is 1. The van der Waals surface area contributed by atoms with Crippen LogP contribution in [0.15, 0.2) is 24.4 Å². The van der Waals surface area contributed by atoms with Gasteiger partial charge in [0.25, 0.3) is 5.95 Å². The number of nitriles is 1. The topological polar surface area (TPSA) is 143 Å². The lowest BCUT2D eigenvalue weighted by atomic mass is 10.1. The lowest BCUT2D eigenvalue weighted by Gasteiger charge is -2.14. The highest BCUT2D eigenvalue weighted by Crippen LogP contribution is 2.26. The third-order valence-corrected chi connectivity index (χ3v) is 3.99. The summed E-state index contributed by atoms with van der Waals surface area (Å²) in [5.41, 5.74) is 9.82. The first-order valence-corrected chi connectivity index (χ1v) is 8.01. The summed E-state index contributed by atoms with van der Waals surface area (Å²) in [6.07, 6.45) is 1.11. The molecule has 3 rings (SSSR count). The highest BCUT2D eigenvalue weighted by Gasteiger charge is 2.18. The number of carbonyl (C=O) groups is 1. The van der Waals surface area contributed by atoms with Gasteiger partial charge in [0.15, 0.2) is 0 Å². The van der Waals surface area contributed by atoms with E-state index in [1.165, 1.54) is 6.07 Å². The van der Waals surface area contributed by atoms with Crippen LogP contribution < -0.4 is 11.1 Å². The summed E-state index contributed by atoms with van der Waals surface area (Å²) in [5.74, 6) is -0.951.